The Labute approximate surface area is 262 Å². The van der Waals surface area contributed by atoms with Crippen molar-refractivity contribution < 1.29 is 23.8 Å². The fourth-order valence-corrected chi connectivity index (χ4v) is 6.05. The zero-order chi connectivity index (χ0) is 32.2. The number of hydrogen-bond donors (Lipinski definition) is 4. The van der Waals surface area contributed by atoms with Gasteiger partial charge in [-0.25, -0.2) is 0 Å². The van der Waals surface area contributed by atoms with Crippen molar-refractivity contribution in [1.29, 1.82) is 0 Å². The van der Waals surface area contributed by atoms with Gasteiger partial charge in [0.15, 0.2) is 11.5 Å². The Morgan fingerprint density at radius 3 is 2.47 bits per heavy atom. The molecule has 0 unspecified atom stereocenters. The van der Waals surface area contributed by atoms with Crippen LogP contribution in [0.25, 0.3) is 22.0 Å². The van der Waals surface area contributed by atoms with Crippen molar-refractivity contribution in [2.24, 2.45) is 5.92 Å². The van der Waals surface area contributed by atoms with Crippen LogP contribution in [0.15, 0.2) is 59.5 Å². The van der Waals surface area contributed by atoms with E-state index >= 15 is 0 Å². The summed E-state index contributed by atoms with van der Waals surface area (Å²) in [6.07, 6.45) is 3.71. The number of methoxy groups -OCH3 is 3. The number of ether oxygens (including phenoxy) is 3. The molecule has 0 fully saturated rings. The highest BCUT2D eigenvalue weighted by atomic mass is 16.5. The van der Waals surface area contributed by atoms with E-state index in [2.05, 4.69) is 20.9 Å². The fraction of sp³-hybridized carbons (Fsp3) is 0.343. The van der Waals surface area contributed by atoms with Gasteiger partial charge in [-0.2, -0.15) is 0 Å². The average Bonchev–Trinajstić information content (AvgIpc) is 3.38. The maximum absolute atomic E-state index is 13.9. The Balaban J connectivity index is 1.60. The number of aryl methyl sites for hydroxylation is 1. The predicted octanol–water partition coefficient (Wildman–Crippen LogP) is 5.81. The smallest absolute Gasteiger partial charge is 0.247 e. The molecule has 2 amide bonds. The highest BCUT2D eigenvalue weighted by Gasteiger charge is 2.30. The summed E-state index contributed by atoms with van der Waals surface area (Å²) < 4.78 is 17.2. The van der Waals surface area contributed by atoms with Gasteiger partial charge < -0.3 is 35.1 Å². The minimum Gasteiger partial charge on any atom is -0.493 e. The fourth-order valence-electron chi connectivity index (χ4n) is 6.05. The highest BCUT2D eigenvalue weighted by molar-refractivity contribution is 5.98. The molecular weight excluding hydrogens is 572 g/mol. The van der Waals surface area contributed by atoms with Crippen molar-refractivity contribution >= 4 is 34.1 Å². The first-order valence-electron chi connectivity index (χ1n) is 15.1. The molecule has 0 saturated carbocycles. The second-order valence-electron chi connectivity index (χ2n) is 11.4. The minimum absolute atomic E-state index is 0.0894. The van der Waals surface area contributed by atoms with Crippen LogP contribution in [0, 0.1) is 5.92 Å². The number of anilines is 2. The molecule has 3 aromatic carbocycles. The van der Waals surface area contributed by atoms with E-state index in [9.17, 15) is 14.4 Å². The maximum atomic E-state index is 13.9. The molecule has 10 heteroatoms. The number of hydrogen-bond acceptors (Lipinski definition) is 7. The van der Waals surface area contributed by atoms with Crippen LogP contribution < -0.4 is 35.6 Å². The minimum atomic E-state index is -0.691. The Morgan fingerprint density at radius 2 is 1.78 bits per heavy atom. The van der Waals surface area contributed by atoms with Gasteiger partial charge in [-0.15, -0.1) is 0 Å². The molecular formula is C35H40N4O6. The van der Waals surface area contributed by atoms with Crippen molar-refractivity contribution in [3.8, 4) is 28.4 Å². The first-order chi connectivity index (χ1) is 21.7. The van der Waals surface area contributed by atoms with Crippen molar-refractivity contribution in [3.05, 3.63) is 76.1 Å². The van der Waals surface area contributed by atoms with Gasteiger partial charge in [0.2, 0.25) is 23.0 Å². The molecule has 45 heavy (non-hydrogen) atoms. The van der Waals surface area contributed by atoms with Gasteiger partial charge in [-0.3, -0.25) is 14.4 Å². The summed E-state index contributed by atoms with van der Waals surface area (Å²) in [7, 11) is 4.67. The van der Waals surface area contributed by atoms with Crippen LogP contribution in [0.2, 0.25) is 0 Å². The predicted molar refractivity (Wildman–Crippen MR) is 176 cm³/mol. The molecule has 0 radical (unpaired) electrons. The maximum Gasteiger partial charge on any atom is 0.247 e. The largest absolute Gasteiger partial charge is 0.493 e. The summed E-state index contributed by atoms with van der Waals surface area (Å²) in [5.41, 5.74) is 4.67. The Kier molecular flexibility index (Phi) is 9.32. The van der Waals surface area contributed by atoms with Gasteiger partial charge >= 0.3 is 0 Å². The topological polar surface area (TPSA) is 131 Å². The summed E-state index contributed by atoms with van der Waals surface area (Å²) in [5.74, 6) is 0.891. The van der Waals surface area contributed by atoms with Gasteiger partial charge in [0.05, 0.1) is 33.1 Å². The molecule has 3 atom stereocenters. The van der Waals surface area contributed by atoms with Gasteiger partial charge in [-0.05, 0) is 77.9 Å². The van der Waals surface area contributed by atoms with Crippen molar-refractivity contribution in [3.63, 3.8) is 0 Å². The van der Waals surface area contributed by atoms with Crippen LogP contribution in [-0.2, 0) is 16.0 Å². The van der Waals surface area contributed by atoms with Crippen LogP contribution in [-0.4, -0.2) is 44.2 Å². The van der Waals surface area contributed by atoms with Crippen LogP contribution in [0.5, 0.6) is 17.2 Å². The second-order valence-corrected chi connectivity index (χ2v) is 11.4. The normalized spacial score (nSPS) is 15.1. The summed E-state index contributed by atoms with van der Waals surface area (Å²) >= 11 is 0. The molecule has 1 heterocycles. The molecule has 0 aliphatic heterocycles. The number of aromatic amines is 1. The van der Waals surface area contributed by atoms with Crippen molar-refractivity contribution in [1.82, 2.24) is 10.3 Å². The molecule has 4 N–H and O–H groups in total. The molecule has 5 rings (SSSR count). The van der Waals surface area contributed by atoms with Crippen LogP contribution in [0.3, 0.4) is 0 Å². The quantitative estimate of drug-likeness (QED) is 0.178. The molecule has 0 saturated heterocycles. The lowest BCUT2D eigenvalue weighted by Crippen LogP contribution is -2.40. The standard InChI is InChI=1S/C35H40N4O6/c1-7-19(2)32(35(42)38-23-9-12-26-21(16-23)14-15-36-26)39-28-13-10-24-25(18-29(28)41)27(37-20(3)40)11-8-22-17-30(43-4)33(44-5)34(45-6)31(22)24/h9-10,12-19,27,32,36H,7-8,11H2,1-6H3,(H,37,40)(H,38,42)(H,39,41)/t19-,27+,32+/m0/s1. The van der Waals surface area contributed by atoms with E-state index in [0.29, 0.717) is 53.3 Å². The lowest BCUT2D eigenvalue weighted by Gasteiger charge is -2.24. The molecule has 1 aliphatic carbocycles. The first kappa shape index (κ1) is 31.4. The SMILES string of the molecule is CC[C@H](C)[C@@H](Nc1ccc2c(cc1=O)[C@H](NC(C)=O)CCc1cc(OC)c(OC)c(OC)c1-2)C(=O)Nc1ccc2[nH]ccc2c1. The van der Waals surface area contributed by atoms with Crippen LogP contribution in [0.1, 0.15) is 50.8 Å². The number of benzene rings is 2. The molecule has 0 bridgehead atoms. The lowest BCUT2D eigenvalue weighted by atomic mass is 9.95. The molecule has 10 nitrogen and oxygen atoms in total. The van der Waals surface area contributed by atoms with Crippen molar-refractivity contribution in [2.45, 2.75) is 52.1 Å². The summed E-state index contributed by atoms with van der Waals surface area (Å²) in [5, 5.41) is 10.3. The number of nitrogens with one attached hydrogen (secondary N) is 4. The van der Waals surface area contributed by atoms with Crippen LogP contribution >= 0.6 is 0 Å². The summed E-state index contributed by atoms with van der Waals surface area (Å²) in [6, 6.07) is 13.5. The van der Waals surface area contributed by atoms with E-state index in [-0.39, 0.29) is 28.8 Å². The Bertz CT molecular complexity index is 1800. The Hall–Kier alpha value is -4.99. The first-order valence-corrected chi connectivity index (χ1v) is 15.1. The zero-order valence-corrected chi connectivity index (χ0v) is 26.5. The van der Waals surface area contributed by atoms with Crippen LogP contribution in [0.4, 0.5) is 11.4 Å². The number of carbonyl (C=O) groups is 2. The summed E-state index contributed by atoms with van der Waals surface area (Å²) in [6.45, 7) is 5.44. The monoisotopic (exact) mass is 612 g/mol. The highest BCUT2D eigenvalue weighted by Crippen LogP contribution is 2.50. The number of carbonyl (C=O) groups excluding carboxylic acids is 2. The van der Waals surface area contributed by atoms with Gasteiger partial charge in [-0.1, -0.05) is 26.3 Å². The number of amides is 2. The Morgan fingerprint density at radius 1 is 1.00 bits per heavy atom. The van der Waals surface area contributed by atoms with Crippen molar-refractivity contribution in [2.75, 3.05) is 32.0 Å². The third kappa shape index (κ3) is 6.31. The third-order valence-corrected chi connectivity index (χ3v) is 8.54. The number of aromatic nitrogens is 1. The summed E-state index contributed by atoms with van der Waals surface area (Å²) in [4.78, 5) is 43.0. The molecule has 236 valence electrons. The molecule has 1 aromatic heterocycles. The molecule has 0 spiro atoms. The van der Waals surface area contributed by atoms with E-state index < -0.39 is 12.1 Å². The van der Waals surface area contributed by atoms with E-state index in [4.69, 9.17) is 14.2 Å². The van der Waals surface area contributed by atoms with E-state index in [0.717, 1.165) is 22.0 Å². The second kappa shape index (κ2) is 13.3. The number of fused-ring (bicyclic) bond motifs is 4. The van der Waals surface area contributed by atoms with Gasteiger partial charge in [0.1, 0.15) is 6.04 Å². The average molecular weight is 613 g/mol. The van der Waals surface area contributed by atoms with E-state index in [1.807, 2.05) is 56.4 Å². The molecule has 1 aliphatic rings. The molecule has 4 aromatic rings. The number of H-pyrrole nitrogens is 1. The van der Waals surface area contributed by atoms with Gasteiger partial charge in [0.25, 0.3) is 0 Å². The lowest BCUT2D eigenvalue weighted by molar-refractivity contribution is -0.120. The van der Waals surface area contributed by atoms with E-state index in [1.54, 1.807) is 33.5 Å². The van der Waals surface area contributed by atoms with E-state index in [1.165, 1.54) is 6.92 Å². The third-order valence-electron chi connectivity index (χ3n) is 8.54. The van der Waals surface area contributed by atoms with Gasteiger partial charge in [0, 0.05) is 35.3 Å². The zero-order valence-electron chi connectivity index (χ0n) is 26.5. The number of rotatable bonds is 10.